The van der Waals surface area contributed by atoms with E-state index in [2.05, 4.69) is 43.4 Å². The van der Waals surface area contributed by atoms with Crippen molar-refractivity contribution >= 4 is 11.6 Å². The lowest BCUT2D eigenvalue weighted by molar-refractivity contribution is -0.117. The summed E-state index contributed by atoms with van der Waals surface area (Å²) in [5.41, 5.74) is 3.09. The predicted molar refractivity (Wildman–Crippen MR) is 104 cm³/mol. The van der Waals surface area contributed by atoms with E-state index in [1.807, 2.05) is 45.0 Å². The summed E-state index contributed by atoms with van der Waals surface area (Å²) >= 11 is 0. The highest BCUT2D eigenvalue weighted by molar-refractivity contribution is 5.95. The first-order valence-electron chi connectivity index (χ1n) is 9.01. The maximum atomic E-state index is 12.6. The first kappa shape index (κ1) is 19.0. The molecule has 1 amide bonds. The Labute approximate surface area is 151 Å². The minimum absolute atomic E-state index is 0.0155. The van der Waals surface area contributed by atoms with Gasteiger partial charge in [-0.15, -0.1) is 0 Å². The Bertz CT molecular complexity index is 689. The molecule has 0 bridgehead atoms. The molecular formula is C22H29NO2. The standard InChI is InChI=1S/C22H29NO2/c1-15(2)13-18-9-11-19(12-10-18)17(5)22(24)23-20-7-6-8-21(14-20)25-16(3)4/h6-12,14-17H,13H2,1-5H3,(H,23,24). The third kappa shape index (κ3) is 5.93. The van der Waals surface area contributed by atoms with E-state index in [9.17, 15) is 4.79 Å². The lowest BCUT2D eigenvalue weighted by Crippen LogP contribution is -2.19. The van der Waals surface area contributed by atoms with Crippen molar-refractivity contribution in [1.29, 1.82) is 0 Å². The molecule has 0 saturated carbocycles. The van der Waals surface area contributed by atoms with Crippen LogP contribution in [-0.2, 0) is 11.2 Å². The third-order valence-corrected chi connectivity index (χ3v) is 3.99. The van der Waals surface area contributed by atoms with Gasteiger partial charge in [-0.3, -0.25) is 4.79 Å². The molecule has 3 heteroatoms. The summed E-state index contributed by atoms with van der Waals surface area (Å²) in [5.74, 6) is 1.17. The van der Waals surface area contributed by atoms with Crippen molar-refractivity contribution in [3.05, 3.63) is 59.7 Å². The zero-order chi connectivity index (χ0) is 18.4. The number of hydrogen-bond donors (Lipinski definition) is 1. The van der Waals surface area contributed by atoms with Gasteiger partial charge in [0.2, 0.25) is 5.91 Å². The molecule has 0 aliphatic rings. The van der Waals surface area contributed by atoms with E-state index in [4.69, 9.17) is 4.74 Å². The highest BCUT2D eigenvalue weighted by Crippen LogP contribution is 2.22. The Morgan fingerprint density at radius 2 is 1.68 bits per heavy atom. The molecule has 0 fully saturated rings. The first-order valence-corrected chi connectivity index (χ1v) is 9.01. The van der Waals surface area contributed by atoms with Crippen LogP contribution < -0.4 is 10.1 Å². The molecule has 2 aromatic carbocycles. The number of carbonyl (C=O) groups is 1. The number of ether oxygens (including phenoxy) is 1. The fourth-order valence-electron chi connectivity index (χ4n) is 2.74. The van der Waals surface area contributed by atoms with Crippen molar-refractivity contribution in [3.63, 3.8) is 0 Å². The molecule has 0 heterocycles. The zero-order valence-corrected chi connectivity index (χ0v) is 15.9. The van der Waals surface area contributed by atoms with Gasteiger partial charge in [-0.2, -0.15) is 0 Å². The number of rotatable bonds is 7. The Morgan fingerprint density at radius 1 is 1.00 bits per heavy atom. The zero-order valence-electron chi connectivity index (χ0n) is 15.9. The Kier molecular flexibility index (Phi) is 6.63. The number of hydrogen-bond acceptors (Lipinski definition) is 2. The second-order valence-corrected chi connectivity index (χ2v) is 7.24. The summed E-state index contributed by atoms with van der Waals surface area (Å²) in [4.78, 5) is 12.6. The summed E-state index contributed by atoms with van der Waals surface area (Å²) < 4.78 is 5.68. The monoisotopic (exact) mass is 339 g/mol. The van der Waals surface area contributed by atoms with Crippen molar-refractivity contribution in [2.75, 3.05) is 5.32 Å². The molecular weight excluding hydrogens is 310 g/mol. The van der Waals surface area contributed by atoms with Crippen LogP contribution >= 0.6 is 0 Å². The normalized spacial score (nSPS) is 12.3. The van der Waals surface area contributed by atoms with Crippen LogP contribution in [0, 0.1) is 5.92 Å². The molecule has 0 aliphatic heterocycles. The van der Waals surface area contributed by atoms with E-state index in [0.29, 0.717) is 5.92 Å². The van der Waals surface area contributed by atoms with Gasteiger partial charge < -0.3 is 10.1 Å². The van der Waals surface area contributed by atoms with Gasteiger partial charge in [0.25, 0.3) is 0 Å². The highest BCUT2D eigenvalue weighted by Gasteiger charge is 2.15. The third-order valence-electron chi connectivity index (χ3n) is 3.99. The molecule has 0 saturated heterocycles. The molecule has 25 heavy (non-hydrogen) atoms. The van der Waals surface area contributed by atoms with E-state index in [1.165, 1.54) is 5.56 Å². The molecule has 0 aromatic heterocycles. The molecule has 0 spiro atoms. The van der Waals surface area contributed by atoms with Gasteiger partial charge in [-0.25, -0.2) is 0 Å². The van der Waals surface area contributed by atoms with E-state index in [0.717, 1.165) is 23.4 Å². The van der Waals surface area contributed by atoms with Crippen LogP contribution in [0.1, 0.15) is 51.7 Å². The van der Waals surface area contributed by atoms with Crippen LogP contribution in [0.5, 0.6) is 5.75 Å². The van der Waals surface area contributed by atoms with Crippen LogP contribution in [0.3, 0.4) is 0 Å². The van der Waals surface area contributed by atoms with Crippen LogP contribution in [0.4, 0.5) is 5.69 Å². The lowest BCUT2D eigenvalue weighted by atomic mass is 9.96. The lowest BCUT2D eigenvalue weighted by Gasteiger charge is -2.15. The fraction of sp³-hybridized carbons (Fsp3) is 0.409. The Balaban J connectivity index is 2.02. The Morgan fingerprint density at radius 3 is 2.28 bits per heavy atom. The molecule has 1 atom stereocenters. The van der Waals surface area contributed by atoms with E-state index in [-0.39, 0.29) is 17.9 Å². The minimum Gasteiger partial charge on any atom is -0.491 e. The van der Waals surface area contributed by atoms with E-state index >= 15 is 0 Å². The number of carbonyl (C=O) groups excluding carboxylic acids is 1. The molecule has 3 nitrogen and oxygen atoms in total. The van der Waals surface area contributed by atoms with Gasteiger partial charge in [-0.1, -0.05) is 44.2 Å². The molecule has 134 valence electrons. The predicted octanol–water partition coefficient (Wildman–Crippen LogP) is 5.41. The fourth-order valence-corrected chi connectivity index (χ4v) is 2.74. The molecule has 2 rings (SSSR count). The Hall–Kier alpha value is -2.29. The van der Waals surface area contributed by atoms with Crippen molar-refractivity contribution in [2.24, 2.45) is 5.92 Å². The second-order valence-electron chi connectivity index (χ2n) is 7.24. The molecule has 2 aromatic rings. The summed E-state index contributed by atoms with van der Waals surface area (Å²) in [7, 11) is 0. The number of nitrogens with one attached hydrogen (secondary N) is 1. The quantitative estimate of drug-likeness (QED) is 0.732. The number of amides is 1. The summed E-state index contributed by atoms with van der Waals surface area (Å²) in [6.45, 7) is 10.3. The van der Waals surface area contributed by atoms with Crippen LogP contribution in [-0.4, -0.2) is 12.0 Å². The van der Waals surface area contributed by atoms with Gasteiger partial charge in [0, 0.05) is 11.8 Å². The van der Waals surface area contributed by atoms with Crippen molar-refractivity contribution in [3.8, 4) is 5.75 Å². The summed E-state index contributed by atoms with van der Waals surface area (Å²) in [6.07, 6.45) is 1.16. The largest absolute Gasteiger partial charge is 0.491 e. The molecule has 1 N–H and O–H groups in total. The average Bonchev–Trinajstić information content (AvgIpc) is 2.54. The van der Waals surface area contributed by atoms with Crippen molar-refractivity contribution in [2.45, 2.75) is 53.1 Å². The van der Waals surface area contributed by atoms with E-state index in [1.54, 1.807) is 0 Å². The van der Waals surface area contributed by atoms with Gasteiger partial charge in [0.05, 0.1) is 12.0 Å². The molecule has 0 aliphatic carbocycles. The van der Waals surface area contributed by atoms with Crippen LogP contribution in [0.25, 0.3) is 0 Å². The van der Waals surface area contributed by atoms with Crippen LogP contribution in [0.2, 0.25) is 0 Å². The van der Waals surface area contributed by atoms with Gasteiger partial charge in [-0.05, 0) is 56.4 Å². The molecule has 1 unspecified atom stereocenters. The SMILES string of the molecule is CC(C)Cc1ccc(C(C)C(=O)Nc2cccc(OC(C)C)c2)cc1. The first-order chi connectivity index (χ1) is 11.8. The second kappa shape index (κ2) is 8.70. The van der Waals surface area contributed by atoms with Crippen molar-refractivity contribution in [1.82, 2.24) is 0 Å². The van der Waals surface area contributed by atoms with Gasteiger partial charge >= 0.3 is 0 Å². The molecule has 0 radical (unpaired) electrons. The average molecular weight is 339 g/mol. The highest BCUT2D eigenvalue weighted by atomic mass is 16.5. The summed E-state index contributed by atoms with van der Waals surface area (Å²) in [5, 5.41) is 2.98. The maximum Gasteiger partial charge on any atom is 0.231 e. The van der Waals surface area contributed by atoms with E-state index < -0.39 is 0 Å². The van der Waals surface area contributed by atoms with Gasteiger partial charge in [0.15, 0.2) is 0 Å². The van der Waals surface area contributed by atoms with Gasteiger partial charge in [0.1, 0.15) is 5.75 Å². The van der Waals surface area contributed by atoms with Crippen LogP contribution in [0.15, 0.2) is 48.5 Å². The maximum absolute atomic E-state index is 12.6. The number of anilines is 1. The summed E-state index contributed by atoms with van der Waals surface area (Å²) in [6, 6.07) is 15.9. The number of benzene rings is 2. The smallest absolute Gasteiger partial charge is 0.231 e. The minimum atomic E-state index is -0.206. The van der Waals surface area contributed by atoms with Crippen molar-refractivity contribution < 1.29 is 9.53 Å². The topological polar surface area (TPSA) is 38.3 Å².